The Morgan fingerprint density at radius 3 is 2.57 bits per heavy atom. The Morgan fingerprint density at radius 2 is 1.96 bits per heavy atom. The Balaban J connectivity index is 2.31. The number of nitrogens with one attached hydrogen (secondary N) is 1. The van der Waals surface area contributed by atoms with E-state index in [1.54, 1.807) is 0 Å². The average molecular weight is 331 g/mol. The van der Waals surface area contributed by atoms with Crippen molar-refractivity contribution in [1.82, 2.24) is 19.1 Å². The van der Waals surface area contributed by atoms with Crippen LogP contribution in [0.4, 0.5) is 5.82 Å². The molecule has 0 amide bonds. The van der Waals surface area contributed by atoms with E-state index in [1.165, 1.54) is 10.8 Å². The summed E-state index contributed by atoms with van der Waals surface area (Å²) in [5, 5.41) is -0.199. The number of nitrogen functional groups attached to an aromatic ring is 1. The monoisotopic (exact) mass is 331 g/mol. The van der Waals surface area contributed by atoms with Gasteiger partial charge in [0.1, 0.15) is 15.2 Å². The summed E-state index contributed by atoms with van der Waals surface area (Å²) < 4.78 is 22.0. The van der Waals surface area contributed by atoms with E-state index in [4.69, 9.17) is 10.5 Å². The third-order valence-corrected chi connectivity index (χ3v) is 4.27. The van der Waals surface area contributed by atoms with Crippen LogP contribution in [0.5, 0.6) is 0 Å². The highest BCUT2D eigenvalue weighted by Crippen LogP contribution is 2.19. The number of fused-ring (bicyclic) bond motifs is 1. The quantitative estimate of drug-likeness (QED) is 0.691. The van der Waals surface area contributed by atoms with Crippen LogP contribution in [-0.4, -0.2) is 29.6 Å². The second-order valence-electron chi connectivity index (χ2n) is 5.19. The summed E-state index contributed by atoms with van der Waals surface area (Å²) in [4.78, 5) is 20.4. The first-order chi connectivity index (χ1) is 10.8. The molecule has 8 nitrogen and oxygen atoms in total. The standard InChI is InChI=1S/C14H15N6O2S/c1-19-10-11(15)17-13(23(2,16)22)18-12(10)20(14(19)21)8-9-6-4-3-5-7-9/h3-7,16H,1,8H2,2H3,(H2,15,17,18). The predicted molar refractivity (Wildman–Crippen MR) is 87.6 cm³/mol. The molecule has 0 saturated carbocycles. The topological polar surface area (TPSA) is 120 Å². The zero-order chi connectivity index (χ0) is 16.8. The largest absolute Gasteiger partial charge is 0.382 e. The van der Waals surface area contributed by atoms with Crippen molar-refractivity contribution in [2.24, 2.45) is 0 Å². The third-order valence-electron chi connectivity index (χ3n) is 3.39. The molecule has 3 N–H and O–H groups in total. The molecule has 2 aromatic heterocycles. The number of hydrogen-bond acceptors (Lipinski definition) is 6. The number of nitrogens with two attached hydrogens (primary N) is 1. The van der Waals surface area contributed by atoms with Gasteiger partial charge in [0.2, 0.25) is 5.16 Å². The molecule has 1 unspecified atom stereocenters. The molecule has 119 valence electrons. The molecule has 0 aliphatic carbocycles. The van der Waals surface area contributed by atoms with Gasteiger partial charge in [-0.3, -0.25) is 9.13 Å². The zero-order valence-corrected chi connectivity index (χ0v) is 13.2. The van der Waals surface area contributed by atoms with Gasteiger partial charge in [0.05, 0.1) is 6.54 Å². The minimum absolute atomic E-state index is 0.0225. The van der Waals surface area contributed by atoms with Crippen molar-refractivity contribution in [2.45, 2.75) is 11.7 Å². The zero-order valence-electron chi connectivity index (χ0n) is 12.4. The van der Waals surface area contributed by atoms with Crippen molar-refractivity contribution in [3.8, 4) is 0 Å². The number of aromatic nitrogens is 4. The molecule has 1 radical (unpaired) electrons. The molecule has 1 aromatic carbocycles. The number of imidazole rings is 1. The molecule has 0 fully saturated rings. The smallest absolute Gasteiger partial charge is 0.330 e. The maximum atomic E-state index is 12.4. The lowest BCUT2D eigenvalue weighted by atomic mass is 10.2. The number of rotatable bonds is 3. The Hall–Kier alpha value is -2.68. The van der Waals surface area contributed by atoms with Crippen LogP contribution in [0.15, 0.2) is 40.3 Å². The van der Waals surface area contributed by atoms with Gasteiger partial charge in [0.25, 0.3) is 0 Å². The lowest BCUT2D eigenvalue weighted by Crippen LogP contribution is -2.22. The molecule has 0 aliphatic rings. The van der Waals surface area contributed by atoms with Crippen LogP contribution < -0.4 is 11.4 Å². The highest BCUT2D eigenvalue weighted by atomic mass is 32.2. The molecule has 3 aromatic rings. The van der Waals surface area contributed by atoms with Gasteiger partial charge in [-0.2, -0.15) is 4.98 Å². The van der Waals surface area contributed by atoms with E-state index < -0.39 is 15.4 Å². The molecule has 0 bridgehead atoms. The molecule has 9 heteroatoms. The van der Waals surface area contributed by atoms with E-state index in [0.29, 0.717) is 0 Å². The maximum absolute atomic E-state index is 12.4. The Labute approximate surface area is 132 Å². The predicted octanol–water partition coefficient (Wildman–Crippen LogP) is 0.899. The maximum Gasteiger partial charge on any atom is 0.330 e. The summed E-state index contributed by atoms with van der Waals surface area (Å²) >= 11 is 0. The van der Waals surface area contributed by atoms with E-state index in [2.05, 4.69) is 17.0 Å². The van der Waals surface area contributed by atoms with Crippen molar-refractivity contribution in [1.29, 1.82) is 4.78 Å². The van der Waals surface area contributed by atoms with E-state index in [0.717, 1.165) is 10.1 Å². The Morgan fingerprint density at radius 1 is 1.30 bits per heavy atom. The van der Waals surface area contributed by atoms with Crippen LogP contribution in [0.25, 0.3) is 11.2 Å². The van der Waals surface area contributed by atoms with Crippen LogP contribution in [0.2, 0.25) is 0 Å². The average Bonchev–Trinajstić information content (AvgIpc) is 2.73. The SMILES string of the molecule is [CH2]n1c(=O)n(Cc2ccccc2)c2nc(S(C)(=N)=O)nc(N)c21. The first-order valence-corrected chi connectivity index (χ1v) is 8.63. The van der Waals surface area contributed by atoms with Gasteiger partial charge in [-0.05, 0) is 5.56 Å². The normalized spacial score (nSPS) is 14.0. The van der Waals surface area contributed by atoms with Crippen LogP contribution in [0.1, 0.15) is 5.56 Å². The van der Waals surface area contributed by atoms with Gasteiger partial charge >= 0.3 is 5.69 Å². The Bertz CT molecular complexity index is 1050. The summed E-state index contributed by atoms with van der Waals surface area (Å²) in [5.41, 5.74) is 6.82. The van der Waals surface area contributed by atoms with Crippen molar-refractivity contribution >= 4 is 26.7 Å². The number of anilines is 1. The van der Waals surface area contributed by atoms with Gasteiger partial charge < -0.3 is 5.73 Å². The highest BCUT2D eigenvalue weighted by Gasteiger charge is 2.19. The number of benzene rings is 1. The lowest BCUT2D eigenvalue weighted by molar-refractivity contribution is 0.671. The van der Waals surface area contributed by atoms with Crippen molar-refractivity contribution in [3.63, 3.8) is 0 Å². The summed E-state index contributed by atoms with van der Waals surface area (Å²) in [6.45, 7) is 0.261. The van der Waals surface area contributed by atoms with E-state index in [-0.39, 0.29) is 28.7 Å². The molecule has 0 spiro atoms. The molecule has 0 saturated heterocycles. The fourth-order valence-electron chi connectivity index (χ4n) is 2.30. The van der Waals surface area contributed by atoms with Gasteiger partial charge in [-0.15, -0.1) is 0 Å². The minimum Gasteiger partial charge on any atom is -0.382 e. The second-order valence-corrected chi connectivity index (χ2v) is 7.24. The van der Waals surface area contributed by atoms with Gasteiger partial charge in [-0.1, -0.05) is 30.3 Å². The summed E-state index contributed by atoms with van der Waals surface area (Å²) in [5.74, 6) is -0.0225. The first-order valence-electron chi connectivity index (χ1n) is 6.66. The molecule has 1 atom stereocenters. The Kier molecular flexibility index (Phi) is 3.44. The minimum atomic E-state index is -3.16. The van der Waals surface area contributed by atoms with Crippen LogP contribution >= 0.6 is 0 Å². The number of hydrogen-bond donors (Lipinski definition) is 2. The summed E-state index contributed by atoms with van der Waals surface area (Å²) in [7, 11) is 0.511. The number of nitrogens with zero attached hydrogens (tertiary/aromatic N) is 4. The van der Waals surface area contributed by atoms with Gasteiger partial charge in [0, 0.05) is 13.3 Å². The molecule has 0 aliphatic heterocycles. The second kappa shape index (κ2) is 5.20. The highest BCUT2D eigenvalue weighted by molar-refractivity contribution is 7.91. The van der Waals surface area contributed by atoms with Crippen molar-refractivity contribution in [3.05, 3.63) is 53.4 Å². The van der Waals surface area contributed by atoms with Crippen molar-refractivity contribution in [2.75, 3.05) is 12.0 Å². The van der Waals surface area contributed by atoms with Crippen LogP contribution in [-0.2, 0) is 16.3 Å². The van der Waals surface area contributed by atoms with Crippen LogP contribution in [0.3, 0.4) is 0 Å². The van der Waals surface area contributed by atoms with E-state index in [9.17, 15) is 9.00 Å². The van der Waals surface area contributed by atoms with Crippen molar-refractivity contribution < 1.29 is 4.21 Å². The summed E-state index contributed by atoms with van der Waals surface area (Å²) in [6.07, 6.45) is 1.20. The molecular weight excluding hydrogens is 316 g/mol. The van der Waals surface area contributed by atoms with E-state index >= 15 is 0 Å². The fourth-order valence-corrected chi connectivity index (χ4v) is 2.83. The molecule has 23 heavy (non-hydrogen) atoms. The van der Waals surface area contributed by atoms with Gasteiger partial charge in [0.15, 0.2) is 11.5 Å². The fraction of sp³-hybridized carbons (Fsp3) is 0.143. The lowest BCUT2D eigenvalue weighted by Gasteiger charge is -2.05. The summed E-state index contributed by atoms with van der Waals surface area (Å²) in [6, 6.07) is 9.35. The third kappa shape index (κ3) is 2.59. The molecular formula is C14H15N6O2S. The van der Waals surface area contributed by atoms with E-state index in [1.807, 2.05) is 30.3 Å². The van der Waals surface area contributed by atoms with Gasteiger partial charge in [-0.25, -0.2) is 18.8 Å². The molecule has 3 rings (SSSR count). The molecule has 2 heterocycles. The first kappa shape index (κ1) is 15.2. The van der Waals surface area contributed by atoms with Crippen LogP contribution in [0, 0.1) is 11.8 Å².